The fourth-order valence-corrected chi connectivity index (χ4v) is 9.34. The number of nitrogens with zero attached hydrogens (tertiary/aromatic N) is 2. The maximum atomic E-state index is 5.36. The van der Waals surface area contributed by atoms with Gasteiger partial charge in [0.1, 0.15) is 0 Å². The number of hydrogen-bond acceptors (Lipinski definition) is 1. The van der Waals surface area contributed by atoms with E-state index < -0.39 is 8.24 Å². The second kappa shape index (κ2) is 12.9. The van der Waals surface area contributed by atoms with Gasteiger partial charge in [0.15, 0.2) is 0 Å². The van der Waals surface area contributed by atoms with Crippen LogP contribution in [0, 0.1) is 33.6 Å². The quantitative estimate of drug-likeness (QED) is 0.340. The van der Waals surface area contributed by atoms with E-state index in [1.165, 1.54) is 38.8 Å². The smallest absolute Gasteiger partial charge is 0.660 e. The van der Waals surface area contributed by atoms with Gasteiger partial charge in [0, 0.05) is 6.04 Å². The normalized spacial score (nSPS) is 29.4. The molecule has 0 aromatic rings. The summed E-state index contributed by atoms with van der Waals surface area (Å²) in [7, 11) is -1.61. The first kappa shape index (κ1) is 30.5. The van der Waals surface area contributed by atoms with Gasteiger partial charge in [0.2, 0.25) is 0 Å². The molecule has 3 rings (SSSR count). The molecule has 1 aliphatic heterocycles. The average Bonchev–Trinajstić information content (AvgIpc) is 2.96. The van der Waals surface area contributed by atoms with Crippen molar-refractivity contribution in [3.8, 4) is 0 Å². The van der Waals surface area contributed by atoms with Crippen molar-refractivity contribution in [3.63, 3.8) is 0 Å². The Kier molecular flexibility index (Phi) is 14.1. The molecule has 28 heavy (non-hydrogen) atoms. The van der Waals surface area contributed by atoms with Crippen molar-refractivity contribution in [2.75, 3.05) is 13.1 Å². The van der Waals surface area contributed by atoms with Gasteiger partial charge in [-0.3, -0.25) is 4.90 Å². The van der Waals surface area contributed by atoms with Crippen LogP contribution in [-0.4, -0.2) is 37.8 Å². The van der Waals surface area contributed by atoms with E-state index in [2.05, 4.69) is 70.0 Å². The van der Waals surface area contributed by atoms with Crippen LogP contribution in [0.2, 0.25) is 18.6 Å². The molecule has 1 heterocycles. The molecular formula is C24H46N2SiTi. The van der Waals surface area contributed by atoms with E-state index in [1.54, 1.807) is 6.92 Å². The van der Waals surface area contributed by atoms with Crippen molar-refractivity contribution in [2.24, 2.45) is 11.8 Å². The van der Waals surface area contributed by atoms with Crippen LogP contribution in [0.25, 0.3) is 4.98 Å². The van der Waals surface area contributed by atoms with Crippen LogP contribution in [0.3, 0.4) is 0 Å². The Bertz CT molecular complexity index is 475. The zero-order valence-corrected chi connectivity index (χ0v) is 22.5. The molecule has 1 saturated carbocycles. The van der Waals surface area contributed by atoms with E-state index in [1.807, 2.05) is 0 Å². The summed E-state index contributed by atoms with van der Waals surface area (Å²) in [5.74, 6) is 1.45. The summed E-state index contributed by atoms with van der Waals surface area (Å²) < 4.78 is 0. The van der Waals surface area contributed by atoms with Gasteiger partial charge in [-0.2, -0.15) is 6.92 Å². The van der Waals surface area contributed by atoms with Gasteiger partial charge in [0.25, 0.3) is 0 Å². The van der Waals surface area contributed by atoms with E-state index in [9.17, 15) is 0 Å². The average molecular weight is 439 g/mol. The molecular weight excluding hydrogens is 392 g/mol. The molecule has 4 unspecified atom stereocenters. The largest absolute Gasteiger partial charge is 4.00 e. The third-order valence-electron chi connectivity index (χ3n) is 6.02. The molecule has 2 aliphatic carbocycles. The second-order valence-electron chi connectivity index (χ2n) is 9.37. The van der Waals surface area contributed by atoms with Crippen LogP contribution in [-0.2, 0) is 21.7 Å². The molecule has 2 nitrogen and oxygen atoms in total. The van der Waals surface area contributed by atoms with E-state index >= 15 is 0 Å². The number of rotatable bonds is 3. The first-order chi connectivity index (χ1) is 11.8. The van der Waals surface area contributed by atoms with E-state index in [4.69, 9.17) is 4.98 Å². The van der Waals surface area contributed by atoms with Crippen LogP contribution in [0.5, 0.6) is 0 Å². The molecule has 4 atom stereocenters. The van der Waals surface area contributed by atoms with Gasteiger partial charge in [-0.15, -0.1) is 5.54 Å². The zero-order valence-electron chi connectivity index (χ0n) is 20.0. The molecule has 0 aromatic carbocycles. The zero-order chi connectivity index (χ0) is 18.7. The fraction of sp³-hybridized carbons (Fsp3) is 0.708. The Balaban J connectivity index is 0. The molecule has 0 aromatic heterocycles. The third-order valence-corrected chi connectivity index (χ3v) is 9.70. The number of hydrogen-bond donors (Lipinski definition) is 0. The molecule has 1 saturated heterocycles. The van der Waals surface area contributed by atoms with E-state index in [0.717, 1.165) is 23.4 Å². The van der Waals surface area contributed by atoms with Gasteiger partial charge in [0.05, 0.1) is 0 Å². The van der Waals surface area contributed by atoms with Crippen LogP contribution < -0.4 is 0 Å². The SMILES string of the molecule is CC(C)(C)[N-][Si](C)(C)C1CC(N2CCCCC2)C2C=CC=CC21.[CH2-]C.[CH3-].[CH3-].[Ti+4]. The molecule has 2 fully saturated rings. The predicted molar refractivity (Wildman–Crippen MR) is 127 cm³/mol. The molecule has 0 radical (unpaired) electrons. The number of likely N-dealkylation sites (tertiary alicyclic amines) is 1. The monoisotopic (exact) mass is 438 g/mol. The van der Waals surface area contributed by atoms with Crippen LogP contribution in [0.1, 0.15) is 53.4 Å². The fourth-order valence-electron chi connectivity index (χ4n) is 5.35. The number of fused-ring (bicyclic) bond motifs is 1. The Labute approximate surface area is 194 Å². The summed E-state index contributed by atoms with van der Waals surface area (Å²) in [6, 6.07) is 0.758. The first-order valence-electron chi connectivity index (χ1n) is 10.3. The standard InChI is InChI=1S/C20H35N2Si.C2H5.2CH3.Ti/c1-20(2,3)21-23(4,5)19-15-18(22-13-9-6-10-14-22)16-11-7-8-12-17(16)19;1-2;;;/h7-8,11-12,16-19H,6,9-10,13-15H2,1-5H3;1H2,2H3;2*1H3;/q4*-1;+4. The summed E-state index contributed by atoms with van der Waals surface area (Å²) in [6.07, 6.45) is 15.2. The first-order valence-corrected chi connectivity index (χ1v) is 13.3. The summed E-state index contributed by atoms with van der Waals surface area (Å²) in [5, 5.41) is 0. The van der Waals surface area contributed by atoms with Crippen molar-refractivity contribution in [1.82, 2.24) is 4.90 Å². The number of piperidine rings is 1. The van der Waals surface area contributed by atoms with Gasteiger partial charge in [-0.1, -0.05) is 78.4 Å². The van der Waals surface area contributed by atoms with Crippen molar-refractivity contribution in [2.45, 2.75) is 83.6 Å². The Morgan fingerprint density at radius 1 is 0.929 bits per heavy atom. The van der Waals surface area contributed by atoms with Crippen LogP contribution >= 0.6 is 0 Å². The van der Waals surface area contributed by atoms with Gasteiger partial charge < -0.3 is 26.8 Å². The van der Waals surface area contributed by atoms with Crippen LogP contribution in [0.15, 0.2) is 24.3 Å². The summed E-state index contributed by atoms with van der Waals surface area (Å²) in [5.41, 5.74) is 0.891. The summed E-state index contributed by atoms with van der Waals surface area (Å²) in [6.45, 7) is 19.5. The molecule has 0 bridgehead atoms. The molecule has 160 valence electrons. The van der Waals surface area contributed by atoms with Gasteiger partial charge in [-0.05, 0) is 44.2 Å². The minimum absolute atomic E-state index is 0. The Morgan fingerprint density at radius 2 is 1.43 bits per heavy atom. The van der Waals surface area contributed by atoms with Crippen molar-refractivity contribution in [1.29, 1.82) is 0 Å². The molecule has 0 amide bonds. The van der Waals surface area contributed by atoms with Crippen molar-refractivity contribution >= 4 is 8.24 Å². The molecule has 0 spiro atoms. The second-order valence-corrected chi connectivity index (χ2v) is 13.6. The van der Waals surface area contributed by atoms with E-state index in [0.29, 0.717) is 0 Å². The van der Waals surface area contributed by atoms with Gasteiger partial charge in [-0.25, -0.2) is 0 Å². The number of allylic oxidation sites excluding steroid dienone is 3. The maximum absolute atomic E-state index is 5.36. The van der Waals surface area contributed by atoms with Crippen molar-refractivity contribution in [3.05, 3.63) is 51.1 Å². The van der Waals surface area contributed by atoms with Gasteiger partial charge >= 0.3 is 21.7 Å². The Morgan fingerprint density at radius 3 is 1.93 bits per heavy atom. The van der Waals surface area contributed by atoms with E-state index in [-0.39, 0.29) is 42.1 Å². The minimum Gasteiger partial charge on any atom is -0.660 e. The Hall–Kier alpha value is 0.331. The maximum Gasteiger partial charge on any atom is 4.00 e. The third kappa shape index (κ3) is 7.54. The van der Waals surface area contributed by atoms with Crippen molar-refractivity contribution < 1.29 is 21.7 Å². The summed E-state index contributed by atoms with van der Waals surface area (Å²) in [4.78, 5) is 8.17. The minimum atomic E-state index is -1.61. The summed E-state index contributed by atoms with van der Waals surface area (Å²) >= 11 is 0. The molecule has 0 N–H and O–H groups in total. The predicted octanol–water partition coefficient (Wildman–Crippen LogP) is 7.09. The molecule has 3 aliphatic rings. The van der Waals surface area contributed by atoms with Crippen LogP contribution in [0.4, 0.5) is 0 Å². The molecule has 4 heteroatoms. The topological polar surface area (TPSA) is 17.3 Å².